The van der Waals surface area contributed by atoms with E-state index in [1.165, 1.54) is 7.11 Å². The third kappa shape index (κ3) is 6.96. The second-order valence-corrected chi connectivity index (χ2v) is 5.46. The number of methoxy groups -OCH3 is 1. The first kappa shape index (κ1) is 18.7. The summed E-state index contributed by atoms with van der Waals surface area (Å²) in [5, 5.41) is 2.39. The molecule has 0 unspecified atom stereocenters. The molecule has 8 heteroatoms. The largest absolute Gasteiger partial charge is 0.493 e. The van der Waals surface area contributed by atoms with Crippen molar-refractivity contribution < 1.29 is 19.1 Å². The van der Waals surface area contributed by atoms with Crippen molar-refractivity contribution in [2.45, 2.75) is 20.3 Å². The van der Waals surface area contributed by atoms with Crippen LogP contribution in [0.4, 0.5) is 4.79 Å². The van der Waals surface area contributed by atoms with Crippen LogP contribution in [0.15, 0.2) is 24.3 Å². The maximum absolute atomic E-state index is 12.2. The van der Waals surface area contributed by atoms with Crippen molar-refractivity contribution in [3.05, 3.63) is 29.8 Å². The molecule has 3 N–H and O–H groups in total. The van der Waals surface area contributed by atoms with Gasteiger partial charge in [-0.3, -0.25) is 15.5 Å². The molecule has 0 saturated carbocycles. The number of ether oxygens (including phenoxy) is 2. The van der Waals surface area contributed by atoms with E-state index in [9.17, 15) is 9.59 Å². The Labute approximate surface area is 140 Å². The van der Waals surface area contributed by atoms with Crippen LogP contribution in [0, 0.1) is 5.92 Å². The van der Waals surface area contributed by atoms with Gasteiger partial charge in [0.1, 0.15) is 5.75 Å². The van der Waals surface area contributed by atoms with Crippen molar-refractivity contribution in [3.63, 3.8) is 0 Å². The first-order valence-corrected chi connectivity index (χ1v) is 7.52. The number of hydrogen-bond acceptors (Lipinski definition) is 5. The fourth-order valence-corrected chi connectivity index (χ4v) is 1.69. The number of rotatable bonds is 5. The fourth-order valence-electron chi connectivity index (χ4n) is 1.55. The van der Waals surface area contributed by atoms with Gasteiger partial charge in [-0.15, -0.1) is 0 Å². The number of carbonyl (C=O) groups excluding carboxylic acids is 2. The van der Waals surface area contributed by atoms with Crippen molar-refractivity contribution in [1.82, 2.24) is 16.2 Å². The summed E-state index contributed by atoms with van der Waals surface area (Å²) in [7, 11) is 1.21. The van der Waals surface area contributed by atoms with Crippen molar-refractivity contribution >= 4 is 29.3 Å². The van der Waals surface area contributed by atoms with E-state index in [4.69, 9.17) is 17.0 Å². The molecule has 1 aromatic carbocycles. The Morgan fingerprint density at radius 3 is 2.57 bits per heavy atom. The second-order valence-electron chi connectivity index (χ2n) is 5.05. The van der Waals surface area contributed by atoms with E-state index >= 15 is 0 Å². The van der Waals surface area contributed by atoms with Gasteiger partial charge in [0.2, 0.25) is 0 Å². The Hall–Kier alpha value is -2.35. The van der Waals surface area contributed by atoms with Crippen molar-refractivity contribution in [3.8, 4) is 5.75 Å². The van der Waals surface area contributed by atoms with Crippen LogP contribution in [0.25, 0.3) is 0 Å². The molecule has 0 aliphatic carbocycles. The maximum atomic E-state index is 12.2. The Morgan fingerprint density at radius 1 is 1.22 bits per heavy atom. The van der Waals surface area contributed by atoms with Crippen LogP contribution in [0.2, 0.25) is 0 Å². The Bertz CT molecular complexity index is 563. The van der Waals surface area contributed by atoms with Crippen molar-refractivity contribution in [2.75, 3.05) is 13.7 Å². The molecular weight excluding hydrogens is 318 g/mol. The first-order chi connectivity index (χ1) is 10.9. The Kier molecular flexibility index (Phi) is 7.82. The molecule has 0 fully saturated rings. The Morgan fingerprint density at radius 2 is 1.91 bits per heavy atom. The maximum Gasteiger partial charge on any atom is 0.425 e. The molecule has 0 bridgehead atoms. The van der Waals surface area contributed by atoms with Gasteiger partial charge in [0.15, 0.2) is 5.11 Å². The number of nitrogens with one attached hydrogen (secondary N) is 3. The summed E-state index contributed by atoms with van der Waals surface area (Å²) in [6.45, 7) is 4.72. The van der Waals surface area contributed by atoms with E-state index in [-0.39, 0.29) is 5.11 Å². The number of hydrogen-bond donors (Lipinski definition) is 3. The monoisotopic (exact) mass is 339 g/mol. The molecule has 0 heterocycles. The third-order valence-corrected chi connectivity index (χ3v) is 2.98. The van der Waals surface area contributed by atoms with E-state index < -0.39 is 12.0 Å². The van der Waals surface area contributed by atoms with E-state index in [0.29, 0.717) is 23.8 Å². The molecule has 23 heavy (non-hydrogen) atoms. The highest BCUT2D eigenvalue weighted by Gasteiger charge is 2.14. The van der Waals surface area contributed by atoms with Crippen molar-refractivity contribution in [2.24, 2.45) is 5.92 Å². The SMILES string of the molecule is COC(=O)NNC(=S)NC(=O)c1ccccc1OCCC(C)C. The van der Waals surface area contributed by atoms with Gasteiger partial charge < -0.3 is 9.47 Å². The number of carbonyl (C=O) groups is 2. The van der Waals surface area contributed by atoms with Gasteiger partial charge in [-0.05, 0) is 36.7 Å². The highest BCUT2D eigenvalue weighted by Crippen LogP contribution is 2.18. The van der Waals surface area contributed by atoms with E-state index in [1.54, 1.807) is 24.3 Å². The minimum atomic E-state index is -0.723. The first-order valence-electron chi connectivity index (χ1n) is 7.11. The molecule has 0 aromatic heterocycles. The smallest absolute Gasteiger partial charge is 0.425 e. The number of hydrazine groups is 1. The molecule has 0 saturated heterocycles. The molecule has 0 atom stereocenters. The summed E-state index contributed by atoms with van der Waals surface area (Å²) in [6, 6.07) is 6.87. The summed E-state index contributed by atoms with van der Waals surface area (Å²) in [5.41, 5.74) is 4.86. The fraction of sp³-hybridized carbons (Fsp3) is 0.400. The topological polar surface area (TPSA) is 88.7 Å². The van der Waals surface area contributed by atoms with Gasteiger partial charge in [0.05, 0.1) is 19.3 Å². The van der Waals surface area contributed by atoms with E-state index in [0.717, 1.165) is 6.42 Å². The van der Waals surface area contributed by atoms with Gasteiger partial charge in [-0.1, -0.05) is 26.0 Å². The highest BCUT2D eigenvalue weighted by atomic mass is 32.1. The molecule has 126 valence electrons. The molecule has 0 radical (unpaired) electrons. The van der Waals surface area contributed by atoms with Crippen molar-refractivity contribution in [1.29, 1.82) is 0 Å². The molecule has 0 aliphatic rings. The minimum Gasteiger partial charge on any atom is -0.493 e. The zero-order valence-corrected chi connectivity index (χ0v) is 14.2. The molecule has 0 spiro atoms. The molecule has 1 aromatic rings. The lowest BCUT2D eigenvalue weighted by atomic mass is 10.1. The molecule has 7 nitrogen and oxygen atoms in total. The standard InChI is InChI=1S/C15H21N3O4S/c1-10(2)8-9-22-12-7-5-4-6-11(12)13(19)16-14(23)17-18-15(20)21-3/h4-7,10H,8-9H2,1-3H3,(H,18,20)(H2,16,17,19,23). The number of amides is 2. The van der Waals surface area contributed by atoms with E-state index in [1.807, 2.05) is 0 Å². The highest BCUT2D eigenvalue weighted by molar-refractivity contribution is 7.80. The zero-order valence-electron chi connectivity index (χ0n) is 13.3. The summed E-state index contributed by atoms with van der Waals surface area (Å²) in [5.74, 6) is 0.556. The van der Waals surface area contributed by atoms with Crippen LogP contribution in [-0.4, -0.2) is 30.8 Å². The molecule has 1 rings (SSSR count). The van der Waals surface area contributed by atoms with Crippen LogP contribution in [0.5, 0.6) is 5.75 Å². The Balaban J connectivity index is 2.61. The van der Waals surface area contributed by atoms with Crippen LogP contribution in [-0.2, 0) is 4.74 Å². The quantitative estimate of drug-likeness (QED) is 0.562. The number of para-hydroxylation sites is 1. The minimum absolute atomic E-state index is 0.0580. The number of thiocarbonyl (C=S) groups is 1. The average molecular weight is 339 g/mol. The summed E-state index contributed by atoms with van der Waals surface area (Å²) >= 11 is 4.91. The second kappa shape index (κ2) is 9.62. The summed E-state index contributed by atoms with van der Waals surface area (Å²) < 4.78 is 10.0. The van der Waals surface area contributed by atoms with Gasteiger partial charge in [-0.25, -0.2) is 10.2 Å². The lowest BCUT2D eigenvalue weighted by Gasteiger charge is -2.13. The van der Waals surface area contributed by atoms with Gasteiger partial charge >= 0.3 is 6.09 Å². The van der Waals surface area contributed by atoms with Gasteiger partial charge in [0.25, 0.3) is 5.91 Å². The predicted molar refractivity (Wildman–Crippen MR) is 90.1 cm³/mol. The lowest BCUT2D eigenvalue weighted by molar-refractivity contribution is 0.0971. The molecular formula is C15H21N3O4S. The molecule has 0 aliphatic heterocycles. The predicted octanol–water partition coefficient (Wildman–Crippen LogP) is 1.99. The molecule has 2 amide bonds. The average Bonchev–Trinajstić information content (AvgIpc) is 2.52. The van der Waals surface area contributed by atoms with Crippen LogP contribution < -0.4 is 20.9 Å². The lowest BCUT2D eigenvalue weighted by Crippen LogP contribution is -2.48. The van der Waals surface area contributed by atoms with Crippen LogP contribution in [0.3, 0.4) is 0 Å². The summed E-state index contributed by atoms with van der Waals surface area (Å²) in [6.07, 6.45) is 0.165. The normalized spacial score (nSPS) is 9.91. The number of benzene rings is 1. The van der Waals surface area contributed by atoms with E-state index in [2.05, 4.69) is 34.8 Å². The van der Waals surface area contributed by atoms with Crippen LogP contribution >= 0.6 is 12.2 Å². The van der Waals surface area contributed by atoms with Crippen LogP contribution in [0.1, 0.15) is 30.6 Å². The summed E-state index contributed by atoms with van der Waals surface area (Å²) in [4.78, 5) is 23.1. The van der Waals surface area contributed by atoms with Gasteiger partial charge in [0, 0.05) is 0 Å². The third-order valence-electron chi connectivity index (χ3n) is 2.78. The van der Waals surface area contributed by atoms with Gasteiger partial charge in [-0.2, -0.15) is 0 Å². The zero-order chi connectivity index (χ0) is 17.2.